The molecule has 5 rings (SSSR count). The lowest BCUT2D eigenvalue weighted by molar-refractivity contribution is -0.120. The van der Waals surface area contributed by atoms with Crippen LogP contribution in [0.2, 0.25) is 0 Å². The molecule has 0 spiro atoms. The Kier molecular flexibility index (Phi) is 7.27. The molecule has 0 saturated carbocycles. The topological polar surface area (TPSA) is 105 Å². The van der Waals surface area contributed by atoms with Gasteiger partial charge in [-0.05, 0) is 55.1 Å². The Labute approximate surface area is 222 Å². The van der Waals surface area contributed by atoms with Gasteiger partial charge in [0.15, 0.2) is 0 Å². The molecule has 2 fully saturated rings. The second-order valence-electron chi connectivity index (χ2n) is 9.55. The van der Waals surface area contributed by atoms with Crippen molar-refractivity contribution in [1.82, 2.24) is 5.32 Å². The first kappa shape index (κ1) is 26.0. The fraction of sp³-hybridized carbons (Fsp3) is 0.357. The molecule has 3 aromatic rings. The molecule has 1 N–H and O–H groups in total. The van der Waals surface area contributed by atoms with Gasteiger partial charge in [0.05, 0.1) is 12.3 Å². The van der Waals surface area contributed by atoms with Crippen molar-refractivity contribution in [2.24, 2.45) is 0 Å². The zero-order valence-electron chi connectivity index (χ0n) is 21.5. The van der Waals surface area contributed by atoms with Gasteiger partial charge in [-0.1, -0.05) is 24.3 Å². The number of rotatable bonds is 7. The maximum atomic E-state index is 12.6. The van der Waals surface area contributed by atoms with Crippen LogP contribution in [0.5, 0.6) is 5.75 Å². The van der Waals surface area contributed by atoms with E-state index in [1.54, 1.807) is 30.0 Å². The highest BCUT2D eigenvalue weighted by atomic mass is 32.2. The van der Waals surface area contributed by atoms with Crippen LogP contribution in [0.25, 0.3) is 10.8 Å². The number of imide groups is 1. The van der Waals surface area contributed by atoms with Crippen molar-refractivity contribution >= 4 is 44.2 Å². The van der Waals surface area contributed by atoms with Crippen molar-refractivity contribution < 1.29 is 26.9 Å². The molecule has 2 aliphatic heterocycles. The van der Waals surface area contributed by atoms with Gasteiger partial charge in [-0.25, -0.2) is 4.79 Å². The van der Waals surface area contributed by atoms with Crippen molar-refractivity contribution in [3.05, 3.63) is 60.2 Å². The minimum absolute atomic E-state index is 0.0597. The number of carbonyl (C=O) groups is 2. The summed E-state index contributed by atoms with van der Waals surface area (Å²) in [5, 5.41) is 4.34. The van der Waals surface area contributed by atoms with Crippen LogP contribution in [-0.4, -0.2) is 52.7 Å². The van der Waals surface area contributed by atoms with Gasteiger partial charge < -0.3 is 9.64 Å². The van der Waals surface area contributed by atoms with Crippen LogP contribution in [-0.2, 0) is 19.1 Å². The summed E-state index contributed by atoms with van der Waals surface area (Å²) in [5.41, 5.74) is 2.76. The monoisotopic (exact) mass is 537 g/mol. The number of carbonyl (C=O) groups excluding carboxylic acids is 2. The number of nitrogens with zero attached hydrogens (tertiary/aromatic N) is 2. The maximum absolute atomic E-state index is 12.6. The first-order valence-electron chi connectivity index (χ1n) is 12.8. The first-order chi connectivity index (χ1) is 18.2. The Balaban J connectivity index is 1.29. The number of anilines is 2. The van der Waals surface area contributed by atoms with E-state index in [0.717, 1.165) is 53.6 Å². The molecule has 0 radical (unpaired) electrons. The van der Waals surface area contributed by atoms with Crippen molar-refractivity contribution in [3.8, 4) is 5.75 Å². The van der Waals surface area contributed by atoms with E-state index in [1.165, 1.54) is 0 Å². The molecule has 0 aliphatic carbocycles. The highest BCUT2D eigenvalue weighted by Gasteiger charge is 2.27. The van der Waals surface area contributed by atoms with E-state index in [4.69, 9.17) is 8.92 Å². The number of piperidine rings is 1. The third kappa shape index (κ3) is 5.32. The smallest absolute Gasteiger partial charge is 0.328 e. The molecule has 0 unspecified atom stereocenters. The van der Waals surface area contributed by atoms with Gasteiger partial charge in [0, 0.05) is 50.0 Å². The summed E-state index contributed by atoms with van der Waals surface area (Å²) in [6, 6.07) is 16.6. The molecule has 0 bridgehead atoms. The molecule has 0 atom stereocenters. The van der Waals surface area contributed by atoms with Crippen LogP contribution in [0.1, 0.15) is 31.7 Å². The average Bonchev–Trinajstić information content (AvgIpc) is 2.88. The zero-order valence-corrected chi connectivity index (χ0v) is 22.3. The predicted molar refractivity (Wildman–Crippen MR) is 145 cm³/mol. The average molecular weight is 538 g/mol. The lowest BCUT2D eigenvalue weighted by Gasteiger charge is -2.34. The number of benzene rings is 3. The Morgan fingerprint density at radius 3 is 2.53 bits per heavy atom. The molecular formula is C28H31N3O6S. The highest BCUT2D eigenvalue weighted by molar-refractivity contribution is 7.86. The number of ether oxygens (including phenoxy) is 1. The number of hydrogen-bond donors (Lipinski definition) is 1. The van der Waals surface area contributed by atoms with E-state index in [1.807, 2.05) is 37.3 Å². The lowest BCUT2D eigenvalue weighted by atomic mass is 10.0. The Morgan fingerprint density at radius 1 is 1.00 bits per heavy atom. The quantitative estimate of drug-likeness (QED) is 0.446. The van der Waals surface area contributed by atoms with E-state index in [0.29, 0.717) is 12.3 Å². The molecule has 2 heterocycles. The summed E-state index contributed by atoms with van der Waals surface area (Å²) in [4.78, 5) is 27.9. The Hall–Kier alpha value is -3.63. The second kappa shape index (κ2) is 10.6. The fourth-order valence-electron chi connectivity index (χ4n) is 5.02. The van der Waals surface area contributed by atoms with Crippen molar-refractivity contribution in [1.29, 1.82) is 0 Å². The molecular weight excluding hydrogens is 506 g/mol. The van der Waals surface area contributed by atoms with Crippen LogP contribution >= 0.6 is 0 Å². The minimum atomic E-state index is -3.88. The summed E-state index contributed by atoms with van der Waals surface area (Å²) in [5.74, 6) is 0.0780. The third-order valence-electron chi connectivity index (χ3n) is 6.93. The molecule has 3 amide bonds. The maximum Gasteiger partial charge on any atom is 0.328 e. The van der Waals surface area contributed by atoms with Gasteiger partial charge in [0.25, 0.3) is 0 Å². The zero-order chi connectivity index (χ0) is 26.9. The van der Waals surface area contributed by atoms with E-state index < -0.39 is 16.1 Å². The number of fused-ring (bicyclic) bond motifs is 1. The molecule has 10 heteroatoms. The number of nitrogens with one attached hydrogen (secondary N) is 1. The summed E-state index contributed by atoms with van der Waals surface area (Å²) in [6.07, 6.45) is 1.64. The molecule has 2 aliphatic rings. The van der Waals surface area contributed by atoms with Gasteiger partial charge in [-0.2, -0.15) is 8.42 Å². The number of aryl methyl sites for hydroxylation is 1. The summed E-state index contributed by atoms with van der Waals surface area (Å²) >= 11 is 0. The molecule has 200 valence electrons. The highest BCUT2D eigenvalue weighted by Crippen LogP contribution is 2.33. The summed E-state index contributed by atoms with van der Waals surface area (Å²) < 4.78 is 36.3. The molecule has 3 aromatic carbocycles. The van der Waals surface area contributed by atoms with Gasteiger partial charge in [0.1, 0.15) is 16.7 Å². The van der Waals surface area contributed by atoms with Crippen LogP contribution in [0.3, 0.4) is 0 Å². The van der Waals surface area contributed by atoms with Crippen molar-refractivity contribution in [3.63, 3.8) is 0 Å². The van der Waals surface area contributed by atoms with Gasteiger partial charge in [-0.15, -0.1) is 0 Å². The minimum Gasteiger partial charge on any atom is -0.489 e. The number of hydrogen-bond acceptors (Lipinski definition) is 7. The molecule has 2 saturated heterocycles. The fourth-order valence-corrected chi connectivity index (χ4v) is 6.05. The largest absolute Gasteiger partial charge is 0.489 e. The predicted octanol–water partition coefficient (Wildman–Crippen LogP) is 4.37. The Bertz CT molecular complexity index is 1480. The summed E-state index contributed by atoms with van der Waals surface area (Å²) in [6.45, 7) is 5.47. The third-order valence-corrected chi connectivity index (χ3v) is 8.35. The first-order valence-corrected chi connectivity index (χ1v) is 14.2. The van der Waals surface area contributed by atoms with Crippen molar-refractivity contribution in [2.75, 3.05) is 36.0 Å². The second-order valence-corrected chi connectivity index (χ2v) is 11.1. The SMILES string of the molecule is CCOS(=O)(=O)c1ccc(C)cc1OC1CCN(c2ccc3c(N4CCC(=O)NC4=O)cccc3c2)CC1. The molecule has 9 nitrogen and oxygen atoms in total. The number of urea groups is 1. The van der Waals surface area contributed by atoms with Crippen LogP contribution in [0.15, 0.2) is 59.5 Å². The van der Waals surface area contributed by atoms with E-state index in [-0.39, 0.29) is 29.9 Å². The van der Waals surface area contributed by atoms with Gasteiger partial charge in [0.2, 0.25) is 5.91 Å². The van der Waals surface area contributed by atoms with E-state index >= 15 is 0 Å². The lowest BCUT2D eigenvalue weighted by Crippen LogP contribution is -2.49. The van der Waals surface area contributed by atoms with E-state index in [9.17, 15) is 18.0 Å². The van der Waals surface area contributed by atoms with Crippen LogP contribution in [0.4, 0.5) is 16.2 Å². The Morgan fingerprint density at radius 2 is 1.79 bits per heavy atom. The standard InChI is InChI=1S/C28H31N3O6S/c1-3-36-38(34,35)26-10-7-19(2)17-25(26)37-22-11-14-30(15-12-22)21-8-9-23-20(18-21)5-4-6-24(23)31-16-13-27(32)29-28(31)33/h4-10,17-18,22H,3,11-16H2,1-2H3,(H,29,32,33). The van der Waals surface area contributed by atoms with Crippen LogP contribution in [0, 0.1) is 6.92 Å². The number of amides is 3. The summed E-state index contributed by atoms with van der Waals surface area (Å²) in [7, 11) is -3.88. The van der Waals surface area contributed by atoms with E-state index in [2.05, 4.69) is 16.3 Å². The van der Waals surface area contributed by atoms with Crippen molar-refractivity contribution in [2.45, 2.75) is 44.1 Å². The molecule has 0 aromatic heterocycles. The van der Waals surface area contributed by atoms with Crippen LogP contribution < -0.4 is 19.9 Å². The normalized spacial score (nSPS) is 17.1. The van der Waals surface area contributed by atoms with Gasteiger partial charge >= 0.3 is 16.1 Å². The molecule has 38 heavy (non-hydrogen) atoms. The van der Waals surface area contributed by atoms with Gasteiger partial charge in [-0.3, -0.25) is 19.2 Å².